The first-order chi connectivity index (χ1) is 13.9. The van der Waals surface area contributed by atoms with Crippen molar-refractivity contribution in [2.45, 2.75) is 0 Å². The smallest absolute Gasteiger partial charge is 0.413 e. The Morgan fingerprint density at radius 2 is 1.62 bits per heavy atom. The lowest BCUT2D eigenvalue weighted by Gasteiger charge is -2.08. The first kappa shape index (κ1) is 18.8. The Balaban J connectivity index is 1.62. The lowest BCUT2D eigenvalue weighted by Crippen LogP contribution is -2.22. The summed E-state index contributed by atoms with van der Waals surface area (Å²) < 4.78 is 24.3. The fourth-order valence-corrected chi connectivity index (χ4v) is 3.14. The summed E-state index contributed by atoms with van der Waals surface area (Å²) in [5.41, 5.74) is 2.17. The number of hydrogen-bond acceptors (Lipinski definition) is 3. The van der Waals surface area contributed by atoms with Crippen LogP contribution < -0.4 is 9.64 Å². The SMILES string of the molecule is CN(C(=O)O)c1cc2cc(-c3ccc(Oc4ccc(F)cc4)cc3)cc(Cl)c2o1. The predicted molar refractivity (Wildman–Crippen MR) is 110 cm³/mol. The van der Waals surface area contributed by atoms with Gasteiger partial charge in [-0.05, 0) is 59.7 Å². The van der Waals surface area contributed by atoms with Crippen LogP contribution in [-0.4, -0.2) is 18.2 Å². The quantitative estimate of drug-likeness (QED) is 0.401. The molecule has 1 aromatic heterocycles. The summed E-state index contributed by atoms with van der Waals surface area (Å²) in [6.45, 7) is 0. The molecular weight excluding hydrogens is 397 g/mol. The molecule has 1 amide bonds. The molecule has 0 aliphatic carbocycles. The summed E-state index contributed by atoms with van der Waals surface area (Å²) in [5, 5.41) is 10.2. The maximum absolute atomic E-state index is 13.0. The van der Waals surface area contributed by atoms with Crippen molar-refractivity contribution in [1.82, 2.24) is 0 Å². The van der Waals surface area contributed by atoms with Gasteiger partial charge in [0.15, 0.2) is 5.58 Å². The molecule has 1 heterocycles. The Hall–Kier alpha value is -3.51. The average Bonchev–Trinajstić information content (AvgIpc) is 3.14. The van der Waals surface area contributed by atoms with E-state index in [0.29, 0.717) is 27.5 Å². The second-order valence-electron chi connectivity index (χ2n) is 6.38. The van der Waals surface area contributed by atoms with E-state index in [9.17, 15) is 9.18 Å². The highest BCUT2D eigenvalue weighted by Gasteiger charge is 2.16. The molecule has 3 aromatic carbocycles. The maximum Gasteiger partial charge on any atom is 0.413 e. The van der Waals surface area contributed by atoms with Gasteiger partial charge in [-0.3, -0.25) is 4.90 Å². The number of nitrogens with zero attached hydrogens (tertiary/aromatic N) is 1. The van der Waals surface area contributed by atoms with E-state index >= 15 is 0 Å². The number of halogens is 2. The van der Waals surface area contributed by atoms with Crippen LogP contribution in [0.2, 0.25) is 5.02 Å². The molecule has 0 bridgehead atoms. The summed E-state index contributed by atoms with van der Waals surface area (Å²) in [5.74, 6) is 1.02. The minimum absolute atomic E-state index is 0.189. The lowest BCUT2D eigenvalue weighted by atomic mass is 10.0. The number of amides is 1. The van der Waals surface area contributed by atoms with E-state index in [1.54, 1.807) is 36.4 Å². The Morgan fingerprint density at radius 3 is 2.24 bits per heavy atom. The van der Waals surface area contributed by atoms with Crippen LogP contribution in [0.25, 0.3) is 22.1 Å². The molecule has 0 aliphatic heterocycles. The van der Waals surface area contributed by atoms with Crippen molar-refractivity contribution in [3.8, 4) is 22.6 Å². The average molecular weight is 412 g/mol. The summed E-state index contributed by atoms with van der Waals surface area (Å²) in [4.78, 5) is 12.1. The normalized spacial score (nSPS) is 10.9. The summed E-state index contributed by atoms with van der Waals surface area (Å²) in [6, 6.07) is 18.4. The third-order valence-electron chi connectivity index (χ3n) is 4.41. The van der Waals surface area contributed by atoms with Crippen molar-refractivity contribution in [1.29, 1.82) is 0 Å². The second-order valence-corrected chi connectivity index (χ2v) is 6.79. The number of anilines is 1. The number of ether oxygens (including phenoxy) is 1. The number of benzene rings is 3. The molecule has 0 saturated carbocycles. The molecule has 0 aliphatic rings. The Labute approximate surface area is 170 Å². The van der Waals surface area contributed by atoms with Gasteiger partial charge in [-0.1, -0.05) is 23.7 Å². The van der Waals surface area contributed by atoms with Crippen molar-refractivity contribution < 1.29 is 23.4 Å². The molecule has 7 heteroatoms. The van der Waals surface area contributed by atoms with Crippen LogP contribution in [0.15, 0.2) is 71.1 Å². The van der Waals surface area contributed by atoms with Crippen LogP contribution in [0.4, 0.5) is 15.1 Å². The van der Waals surface area contributed by atoms with Crippen LogP contribution in [-0.2, 0) is 0 Å². The minimum atomic E-state index is -1.13. The molecule has 0 fully saturated rings. The number of fused-ring (bicyclic) bond motifs is 1. The van der Waals surface area contributed by atoms with Crippen molar-refractivity contribution in [2.24, 2.45) is 0 Å². The van der Waals surface area contributed by atoms with Crippen molar-refractivity contribution in [3.63, 3.8) is 0 Å². The topological polar surface area (TPSA) is 62.9 Å². The van der Waals surface area contributed by atoms with E-state index < -0.39 is 6.09 Å². The molecule has 0 spiro atoms. The Bertz CT molecular complexity index is 1190. The summed E-state index contributed by atoms with van der Waals surface area (Å²) in [7, 11) is 1.40. The first-order valence-corrected chi connectivity index (χ1v) is 9.02. The van der Waals surface area contributed by atoms with Crippen LogP contribution in [0.1, 0.15) is 0 Å². The lowest BCUT2D eigenvalue weighted by molar-refractivity contribution is 0.202. The van der Waals surface area contributed by atoms with Gasteiger partial charge in [0.1, 0.15) is 17.3 Å². The van der Waals surface area contributed by atoms with E-state index in [-0.39, 0.29) is 11.7 Å². The van der Waals surface area contributed by atoms with E-state index in [1.807, 2.05) is 18.2 Å². The highest BCUT2D eigenvalue weighted by atomic mass is 35.5. The number of carboxylic acid groups (broad SMARTS) is 1. The van der Waals surface area contributed by atoms with Gasteiger partial charge >= 0.3 is 6.09 Å². The van der Waals surface area contributed by atoms with Gasteiger partial charge in [0.05, 0.1) is 5.02 Å². The molecule has 0 radical (unpaired) electrons. The Kier molecular flexibility index (Phi) is 4.86. The monoisotopic (exact) mass is 411 g/mol. The van der Waals surface area contributed by atoms with E-state index in [1.165, 1.54) is 19.2 Å². The molecule has 4 aromatic rings. The van der Waals surface area contributed by atoms with Gasteiger partial charge in [0.2, 0.25) is 5.88 Å². The molecule has 1 N–H and O–H groups in total. The van der Waals surface area contributed by atoms with Crippen molar-refractivity contribution in [2.75, 3.05) is 11.9 Å². The van der Waals surface area contributed by atoms with E-state index in [2.05, 4.69) is 0 Å². The Morgan fingerprint density at radius 1 is 1.00 bits per heavy atom. The third kappa shape index (κ3) is 3.88. The maximum atomic E-state index is 13.0. The zero-order valence-corrected chi connectivity index (χ0v) is 16.0. The molecule has 0 saturated heterocycles. The second kappa shape index (κ2) is 7.48. The van der Waals surface area contributed by atoms with Gasteiger partial charge in [-0.25, -0.2) is 9.18 Å². The molecule has 4 rings (SSSR count). The molecule has 0 unspecified atom stereocenters. The predicted octanol–water partition coefficient (Wildman–Crippen LogP) is 6.80. The fraction of sp³-hybridized carbons (Fsp3) is 0.0455. The third-order valence-corrected chi connectivity index (χ3v) is 4.69. The van der Waals surface area contributed by atoms with Gasteiger partial charge in [0.25, 0.3) is 0 Å². The number of furan rings is 1. The molecular formula is C22H15ClFNO4. The van der Waals surface area contributed by atoms with Crippen LogP contribution in [0, 0.1) is 5.82 Å². The van der Waals surface area contributed by atoms with Gasteiger partial charge in [0, 0.05) is 18.5 Å². The number of hydrogen-bond donors (Lipinski definition) is 1. The van der Waals surface area contributed by atoms with Crippen LogP contribution in [0.5, 0.6) is 11.5 Å². The molecule has 146 valence electrons. The highest BCUT2D eigenvalue weighted by molar-refractivity contribution is 6.35. The van der Waals surface area contributed by atoms with E-state index in [0.717, 1.165) is 16.0 Å². The fourth-order valence-electron chi connectivity index (χ4n) is 2.88. The zero-order chi connectivity index (χ0) is 20.5. The number of carbonyl (C=O) groups is 1. The molecule has 0 atom stereocenters. The van der Waals surface area contributed by atoms with Crippen molar-refractivity contribution >= 4 is 34.5 Å². The zero-order valence-electron chi connectivity index (χ0n) is 15.2. The summed E-state index contributed by atoms with van der Waals surface area (Å²) in [6.07, 6.45) is -1.13. The van der Waals surface area contributed by atoms with Gasteiger partial charge in [-0.2, -0.15) is 0 Å². The number of rotatable bonds is 4. The standard InChI is InChI=1S/C22H15ClFNO4/c1-25(22(26)27)20-12-15-10-14(11-19(23)21(15)29-20)13-2-6-17(7-3-13)28-18-8-4-16(24)5-9-18/h2-12H,1H3,(H,26,27). The largest absolute Gasteiger partial charge is 0.465 e. The first-order valence-electron chi connectivity index (χ1n) is 8.64. The summed E-state index contributed by atoms with van der Waals surface area (Å²) >= 11 is 6.35. The minimum Gasteiger partial charge on any atom is -0.465 e. The highest BCUT2D eigenvalue weighted by Crippen LogP contribution is 2.36. The van der Waals surface area contributed by atoms with E-state index in [4.69, 9.17) is 25.9 Å². The van der Waals surface area contributed by atoms with Gasteiger partial charge < -0.3 is 14.3 Å². The van der Waals surface area contributed by atoms with Crippen LogP contribution in [0.3, 0.4) is 0 Å². The van der Waals surface area contributed by atoms with Crippen LogP contribution >= 0.6 is 11.6 Å². The molecule has 5 nitrogen and oxygen atoms in total. The van der Waals surface area contributed by atoms with Gasteiger partial charge in [-0.15, -0.1) is 0 Å². The molecule has 29 heavy (non-hydrogen) atoms. The van der Waals surface area contributed by atoms with Crippen molar-refractivity contribution in [3.05, 3.63) is 77.6 Å².